The SMILES string of the molecule is O=S1(=O)C=S(=O)(O)OCOC(F)(F)OCO1. The molecule has 12 heteroatoms. The Morgan fingerprint density at radius 3 is 2.19 bits per heavy atom. The minimum Gasteiger partial charge on any atom is -0.293 e. The third-order valence-corrected chi connectivity index (χ3v) is 3.90. The van der Waals surface area contributed by atoms with Crippen LogP contribution in [-0.2, 0) is 38.0 Å². The van der Waals surface area contributed by atoms with Crippen molar-refractivity contribution < 1.29 is 43.8 Å². The summed E-state index contributed by atoms with van der Waals surface area (Å²) < 4.78 is 81.1. The Hall–Kier alpha value is -0.370. The Morgan fingerprint density at radius 2 is 1.62 bits per heavy atom. The molecule has 0 saturated heterocycles. The molecule has 0 aromatic carbocycles. The number of hydrogen-bond donors (Lipinski definition) is 1. The van der Waals surface area contributed by atoms with E-state index in [0.29, 0.717) is 0 Å². The zero-order valence-corrected chi connectivity index (χ0v) is 9.00. The zero-order valence-electron chi connectivity index (χ0n) is 7.37. The highest BCUT2D eigenvalue weighted by atomic mass is 32.3. The zero-order chi connectivity index (χ0) is 12.4. The lowest BCUT2D eigenvalue weighted by Gasteiger charge is -2.17. The van der Waals surface area contributed by atoms with Gasteiger partial charge in [0, 0.05) is 0 Å². The van der Waals surface area contributed by atoms with Gasteiger partial charge < -0.3 is 0 Å². The number of alkyl halides is 2. The van der Waals surface area contributed by atoms with E-state index in [4.69, 9.17) is 4.55 Å². The minimum absolute atomic E-state index is 0.184. The van der Waals surface area contributed by atoms with Crippen molar-refractivity contribution in [2.24, 2.45) is 0 Å². The molecule has 1 aliphatic rings. The molecule has 96 valence electrons. The van der Waals surface area contributed by atoms with Crippen molar-refractivity contribution in [2.45, 2.75) is 6.29 Å². The van der Waals surface area contributed by atoms with Crippen LogP contribution in [0.25, 0.3) is 0 Å². The van der Waals surface area contributed by atoms with Gasteiger partial charge in [-0.1, -0.05) is 0 Å². The van der Waals surface area contributed by atoms with Crippen LogP contribution >= 0.6 is 0 Å². The monoisotopic (exact) mass is 284 g/mol. The van der Waals surface area contributed by atoms with Crippen LogP contribution in [0.1, 0.15) is 0 Å². The minimum atomic E-state index is -4.63. The van der Waals surface area contributed by atoms with E-state index in [0.717, 1.165) is 0 Å². The molecule has 1 unspecified atom stereocenters. The highest BCUT2D eigenvalue weighted by Crippen LogP contribution is 2.18. The fourth-order valence-corrected chi connectivity index (χ4v) is 2.57. The average Bonchev–Trinajstić information content (AvgIpc) is 1.97. The van der Waals surface area contributed by atoms with Crippen molar-refractivity contribution in [3.05, 3.63) is 0 Å². The summed E-state index contributed by atoms with van der Waals surface area (Å²) in [7, 11) is -9.07. The molecule has 0 amide bonds. The number of ether oxygens (including phenoxy) is 2. The third-order valence-electron chi connectivity index (χ3n) is 1.12. The van der Waals surface area contributed by atoms with Gasteiger partial charge in [-0.25, -0.2) is 12.6 Å². The summed E-state index contributed by atoms with van der Waals surface area (Å²) in [4.78, 5) is 0. The van der Waals surface area contributed by atoms with E-state index in [1.54, 1.807) is 0 Å². The normalized spacial score (nSPS) is 34.9. The van der Waals surface area contributed by atoms with Crippen molar-refractivity contribution in [3.8, 4) is 0 Å². The van der Waals surface area contributed by atoms with Crippen molar-refractivity contribution in [2.75, 3.05) is 13.6 Å². The Kier molecular flexibility index (Phi) is 3.83. The van der Waals surface area contributed by atoms with Gasteiger partial charge in [0.25, 0.3) is 0 Å². The molecule has 1 N–H and O–H groups in total. The van der Waals surface area contributed by atoms with Gasteiger partial charge in [-0.15, -0.1) is 8.78 Å². The van der Waals surface area contributed by atoms with Gasteiger partial charge in [0.15, 0.2) is 18.3 Å². The second-order valence-electron chi connectivity index (χ2n) is 2.33. The molecule has 0 aliphatic carbocycles. The van der Waals surface area contributed by atoms with Crippen LogP contribution in [0, 0.1) is 0 Å². The smallest absolute Gasteiger partial charge is 0.293 e. The fourth-order valence-electron chi connectivity index (χ4n) is 0.567. The van der Waals surface area contributed by atoms with E-state index in [1.807, 2.05) is 0 Å². The molecule has 0 radical (unpaired) electrons. The maximum atomic E-state index is 12.5. The molecule has 0 saturated carbocycles. The molecule has 0 aromatic heterocycles. The molecule has 0 spiro atoms. The summed E-state index contributed by atoms with van der Waals surface area (Å²) in [6.07, 6.45) is -4.19. The lowest BCUT2D eigenvalue weighted by atomic mass is 11.2. The van der Waals surface area contributed by atoms with Crippen LogP contribution in [0.4, 0.5) is 8.78 Å². The Bertz CT molecular complexity index is 460. The number of hydrogen-bond acceptors (Lipinski definition) is 7. The topological polar surface area (TPSA) is 108 Å². The van der Waals surface area contributed by atoms with E-state index in [9.17, 15) is 21.4 Å². The van der Waals surface area contributed by atoms with Gasteiger partial charge in [-0.2, -0.15) is 8.42 Å². The summed E-state index contributed by atoms with van der Waals surface area (Å²) >= 11 is 0. The molecule has 0 fully saturated rings. The number of halogens is 2. The second-order valence-corrected chi connectivity index (χ2v) is 5.58. The number of rotatable bonds is 0. The van der Waals surface area contributed by atoms with Gasteiger partial charge in [0.1, 0.15) is 0 Å². The predicted molar refractivity (Wildman–Crippen MR) is 44.8 cm³/mol. The first-order valence-electron chi connectivity index (χ1n) is 3.43. The standard InChI is InChI=1S/C4H6F2O8S2/c5-4(6)11-1-13-15(7,8)3-16(9,10)14-2-12-4/h3H,1-2H2,(H,7,8). The summed E-state index contributed by atoms with van der Waals surface area (Å²) in [5.41, 5.74) is 0. The molecule has 16 heavy (non-hydrogen) atoms. The van der Waals surface area contributed by atoms with Gasteiger partial charge in [-0.3, -0.25) is 14.0 Å². The molecule has 8 nitrogen and oxygen atoms in total. The maximum Gasteiger partial charge on any atom is 0.489 e. The van der Waals surface area contributed by atoms with Crippen molar-refractivity contribution in [3.63, 3.8) is 0 Å². The average molecular weight is 284 g/mol. The Labute approximate surface area is 89.2 Å². The van der Waals surface area contributed by atoms with Crippen LogP contribution in [0.3, 0.4) is 0 Å². The van der Waals surface area contributed by atoms with E-state index in [-0.39, 0.29) is 4.70 Å². The lowest BCUT2D eigenvalue weighted by Crippen LogP contribution is -2.31. The van der Waals surface area contributed by atoms with Gasteiger partial charge >= 0.3 is 16.4 Å². The van der Waals surface area contributed by atoms with E-state index in [2.05, 4.69) is 17.8 Å². The van der Waals surface area contributed by atoms with Crippen molar-refractivity contribution in [1.29, 1.82) is 0 Å². The molecule has 0 bridgehead atoms. The third kappa shape index (κ3) is 4.65. The van der Waals surface area contributed by atoms with Crippen LogP contribution in [-0.4, -0.2) is 41.8 Å². The molecule has 1 rings (SSSR count). The molecule has 1 aliphatic heterocycles. The summed E-state index contributed by atoms with van der Waals surface area (Å²) in [6.45, 7) is -2.71. The first kappa shape index (κ1) is 13.7. The molecule has 1 heterocycles. The maximum absolute atomic E-state index is 12.5. The molecule has 0 aromatic rings. The summed E-state index contributed by atoms with van der Waals surface area (Å²) in [6, 6.07) is 0. The van der Waals surface area contributed by atoms with Gasteiger partial charge in [-0.05, 0) is 0 Å². The molecular formula is C4H6F2O8S2. The van der Waals surface area contributed by atoms with E-state index < -0.39 is 40.1 Å². The van der Waals surface area contributed by atoms with Crippen LogP contribution in [0.15, 0.2) is 0 Å². The molecular weight excluding hydrogens is 278 g/mol. The van der Waals surface area contributed by atoms with Crippen LogP contribution in [0.2, 0.25) is 0 Å². The summed E-state index contributed by atoms with van der Waals surface area (Å²) in [5.74, 6) is 0. The highest BCUT2D eigenvalue weighted by molar-refractivity contribution is 8.15. The predicted octanol–water partition coefficient (Wildman–Crippen LogP) is -0.706. The highest BCUT2D eigenvalue weighted by Gasteiger charge is 2.34. The van der Waals surface area contributed by atoms with Gasteiger partial charge in [0.05, 0.1) is 0 Å². The first-order chi connectivity index (χ1) is 7.12. The van der Waals surface area contributed by atoms with Crippen molar-refractivity contribution in [1.82, 2.24) is 0 Å². The quantitative estimate of drug-likeness (QED) is 0.459. The second kappa shape index (κ2) is 4.48. The molecule has 1 atom stereocenters. The van der Waals surface area contributed by atoms with Crippen LogP contribution in [0.5, 0.6) is 0 Å². The fraction of sp³-hybridized carbons (Fsp3) is 0.750. The van der Waals surface area contributed by atoms with Crippen molar-refractivity contribution >= 4 is 24.9 Å². The first-order valence-corrected chi connectivity index (χ1v) is 6.40. The Morgan fingerprint density at radius 1 is 1.12 bits per heavy atom. The lowest BCUT2D eigenvalue weighted by molar-refractivity contribution is -0.414. The van der Waals surface area contributed by atoms with Crippen LogP contribution < -0.4 is 0 Å². The van der Waals surface area contributed by atoms with E-state index in [1.165, 1.54) is 0 Å². The summed E-state index contributed by atoms with van der Waals surface area (Å²) in [5, 5.41) is 0. The Balaban J connectivity index is 2.98. The van der Waals surface area contributed by atoms with Gasteiger partial charge in [0.2, 0.25) is 10.1 Å². The largest absolute Gasteiger partial charge is 0.489 e. The van der Waals surface area contributed by atoms with E-state index >= 15 is 0 Å².